The molecule has 0 saturated heterocycles. The van der Waals surface area contributed by atoms with Crippen LogP contribution in [-0.4, -0.2) is 25.0 Å². The van der Waals surface area contributed by atoms with Crippen molar-refractivity contribution >= 4 is 29.1 Å². The number of anilines is 1. The highest BCUT2D eigenvalue weighted by atomic mass is 35.5. The second kappa shape index (κ2) is 6.85. The summed E-state index contributed by atoms with van der Waals surface area (Å²) < 4.78 is 0. The number of benzene rings is 1. The van der Waals surface area contributed by atoms with E-state index in [1.54, 1.807) is 24.3 Å². The van der Waals surface area contributed by atoms with Gasteiger partial charge in [-0.25, -0.2) is 0 Å². The number of para-hydroxylation sites is 1. The van der Waals surface area contributed by atoms with Crippen LogP contribution in [0.3, 0.4) is 0 Å². The Morgan fingerprint density at radius 3 is 2.71 bits per heavy atom. The largest absolute Gasteiger partial charge is 0.368 e. The van der Waals surface area contributed by atoms with E-state index in [2.05, 4.69) is 15.6 Å². The molecule has 0 radical (unpaired) electrons. The number of amides is 2. The summed E-state index contributed by atoms with van der Waals surface area (Å²) in [6, 6.07) is 6.84. The van der Waals surface area contributed by atoms with Crippen molar-refractivity contribution in [2.45, 2.75) is 0 Å². The van der Waals surface area contributed by atoms with Crippen molar-refractivity contribution in [2.24, 2.45) is 5.73 Å². The SMILES string of the molecule is NC(=O)CONCC(=O)Nc1ccccc1Cl. The topological polar surface area (TPSA) is 93.5 Å². The lowest BCUT2D eigenvalue weighted by molar-refractivity contribution is -0.127. The smallest absolute Gasteiger partial charge is 0.245 e. The van der Waals surface area contributed by atoms with Crippen LogP contribution in [0.15, 0.2) is 24.3 Å². The molecule has 2 amide bonds. The lowest BCUT2D eigenvalue weighted by Crippen LogP contribution is -2.31. The Kier molecular flexibility index (Phi) is 5.41. The van der Waals surface area contributed by atoms with E-state index in [-0.39, 0.29) is 19.1 Å². The van der Waals surface area contributed by atoms with E-state index in [0.717, 1.165) is 0 Å². The molecule has 0 bridgehead atoms. The van der Waals surface area contributed by atoms with Crippen LogP contribution >= 0.6 is 11.6 Å². The maximum absolute atomic E-state index is 11.4. The molecule has 6 nitrogen and oxygen atoms in total. The molecular weight excluding hydrogens is 246 g/mol. The molecule has 0 aliphatic heterocycles. The molecule has 0 atom stereocenters. The number of halogens is 1. The van der Waals surface area contributed by atoms with Gasteiger partial charge in [0.05, 0.1) is 10.7 Å². The van der Waals surface area contributed by atoms with E-state index in [1.165, 1.54) is 0 Å². The Morgan fingerprint density at radius 1 is 1.35 bits per heavy atom. The Bertz CT molecular complexity index is 412. The predicted molar refractivity (Wildman–Crippen MR) is 63.2 cm³/mol. The average molecular weight is 258 g/mol. The van der Waals surface area contributed by atoms with Crippen LogP contribution in [0.2, 0.25) is 5.02 Å². The number of rotatable bonds is 6. The van der Waals surface area contributed by atoms with E-state index >= 15 is 0 Å². The minimum Gasteiger partial charge on any atom is -0.368 e. The molecule has 0 aliphatic rings. The number of carbonyl (C=O) groups is 2. The highest BCUT2D eigenvalue weighted by Gasteiger charge is 2.04. The summed E-state index contributed by atoms with van der Waals surface area (Å²) in [6.45, 7) is -0.405. The van der Waals surface area contributed by atoms with Gasteiger partial charge in [-0.2, -0.15) is 5.48 Å². The molecule has 1 aromatic carbocycles. The normalized spacial score (nSPS) is 9.94. The van der Waals surface area contributed by atoms with Crippen LogP contribution < -0.4 is 16.5 Å². The van der Waals surface area contributed by atoms with Crippen LogP contribution in [0.5, 0.6) is 0 Å². The van der Waals surface area contributed by atoms with Crippen LogP contribution in [0.25, 0.3) is 0 Å². The number of hydrogen-bond donors (Lipinski definition) is 3. The first kappa shape index (κ1) is 13.4. The Balaban J connectivity index is 2.30. The molecule has 0 aromatic heterocycles. The predicted octanol–water partition coefficient (Wildman–Crippen LogP) is 0.285. The van der Waals surface area contributed by atoms with Crippen molar-refractivity contribution in [3.05, 3.63) is 29.3 Å². The summed E-state index contributed by atoms with van der Waals surface area (Å²) in [5.41, 5.74) is 7.64. The fourth-order valence-electron chi connectivity index (χ4n) is 0.996. The van der Waals surface area contributed by atoms with Gasteiger partial charge in [-0.3, -0.25) is 14.4 Å². The standard InChI is InChI=1S/C10H12ClN3O3/c11-7-3-1-2-4-8(7)14-10(16)5-13-17-6-9(12)15/h1-4,13H,5-6H2,(H2,12,15)(H,14,16). The minimum absolute atomic E-state index is 0.113. The van der Waals surface area contributed by atoms with Crippen molar-refractivity contribution in [3.8, 4) is 0 Å². The summed E-state index contributed by atoms with van der Waals surface area (Å²) in [4.78, 5) is 26.3. The number of hydrogen-bond acceptors (Lipinski definition) is 4. The summed E-state index contributed by atoms with van der Waals surface area (Å²) in [5.74, 6) is -0.966. The van der Waals surface area contributed by atoms with Gasteiger partial charge in [0.1, 0.15) is 13.2 Å². The summed E-state index contributed by atoms with van der Waals surface area (Å²) in [6.07, 6.45) is 0. The third-order valence-electron chi connectivity index (χ3n) is 1.70. The quantitative estimate of drug-likeness (QED) is 0.504. The molecule has 0 spiro atoms. The first-order chi connectivity index (χ1) is 8.09. The van der Waals surface area contributed by atoms with Crippen LogP contribution in [0, 0.1) is 0 Å². The van der Waals surface area contributed by atoms with Crippen molar-refractivity contribution in [1.29, 1.82) is 0 Å². The van der Waals surface area contributed by atoms with E-state index in [4.69, 9.17) is 17.3 Å². The zero-order chi connectivity index (χ0) is 12.7. The highest BCUT2D eigenvalue weighted by Crippen LogP contribution is 2.19. The van der Waals surface area contributed by atoms with E-state index < -0.39 is 5.91 Å². The van der Waals surface area contributed by atoms with Gasteiger partial charge in [0.15, 0.2) is 0 Å². The van der Waals surface area contributed by atoms with Crippen LogP contribution in [0.4, 0.5) is 5.69 Å². The van der Waals surface area contributed by atoms with Gasteiger partial charge >= 0.3 is 0 Å². The third kappa shape index (κ3) is 5.30. The summed E-state index contributed by atoms with van der Waals surface area (Å²) in [5, 5.41) is 3.01. The third-order valence-corrected chi connectivity index (χ3v) is 2.03. The number of hydroxylamine groups is 1. The molecule has 1 aromatic rings. The highest BCUT2D eigenvalue weighted by molar-refractivity contribution is 6.33. The number of primary amides is 1. The molecule has 0 saturated carbocycles. The number of nitrogens with two attached hydrogens (primary N) is 1. The maximum atomic E-state index is 11.4. The molecule has 0 aliphatic carbocycles. The Labute approximate surface area is 103 Å². The molecule has 92 valence electrons. The van der Waals surface area contributed by atoms with Gasteiger partial charge in [-0.15, -0.1) is 0 Å². The lowest BCUT2D eigenvalue weighted by atomic mass is 10.3. The van der Waals surface area contributed by atoms with Crippen LogP contribution in [0.1, 0.15) is 0 Å². The van der Waals surface area contributed by atoms with Crippen molar-refractivity contribution in [3.63, 3.8) is 0 Å². The van der Waals surface area contributed by atoms with Crippen molar-refractivity contribution in [1.82, 2.24) is 5.48 Å². The molecule has 17 heavy (non-hydrogen) atoms. The number of nitrogens with one attached hydrogen (secondary N) is 2. The Hall–Kier alpha value is -1.63. The molecule has 0 heterocycles. The first-order valence-electron chi connectivity index (χ1n) is 4.77. The summed E-state index contributed by atoms with van der Waals surface area (Å²) >= 11 is 5.84. The van der Waals surface area contributed by atoms with Gasteiger partial charge < -0.3 is 11.1 Å². The van der Waals surface area contributed by atoms with Crippen molar-refractivity contribution in [2.75, 3.05) is 18.5 Å². The molecule has 1 rings (SSSR count). The van der Waals surface area contributed by atoms with E-state index in [9.17, 15) is 9.59 Å². The number of carbonyl (C=O) groups excluding carboxylic acids is 2. The van der Waals surface area contributed by atoms with Gasteiger partial charge in [0.2, 0.25) is 11.8 Å². The fraction of sp³-hybridized carbons (Fsp3) is 0.200. The van der Waals surface area contributed by atoms with Gasteiger partial charge in [-0.1, -0.05) is 23.7 Å². The second-order valence-corrected chi connectivity index (χ2v) is 3.51. The molecular formula is C10H12ClN3O3. The molecule has 0 fully saturated rings. The maximum Gasteiger partial charge on any atom is 0.245 e. The van der Waals surface area contributed by atoms with Crippen LogP contribution in [-0.2, 0) is 14.4 Å². The van der Waals surface area contributed by atoms with Gasteiger partial charge in [0, 0.05) is 0 Å². The van der Waals surface area contributed by atoms with Crippen molar-refractivity contribution < 1.29 is 14.4 Å². The Morgan fingerprint density at radius 2 is 2.06 bits per heavy atom. The second-order valence-electron chi connectivity index (χ2n) is 3.10. The fourth-order valence-corrected chi connectivity index (χ4v) is 1.18. The van der Waals surface area contributed by atoms with E-state index in [1.807, 2.05) is 0 Å². The molecule has 0 unspecified atom stereocenters. The zero-order valence-corrected chi connectivity index (χ0v) is 9.66. The monoisotopic (exact) mass is 257 g/mol. The molecule has 7 heteroatoms. The van der Waals surface area contributed by atoms with Gasteiger partial charge in [0.25, 0.3) is 0 Å². The first-order valence-corrected chi connectivity index (χ1v) is 5.14. The summed E-state index contributed by atoms with van der Waals surface area (Å²) in [7, 11) is 0. The zero-order valence-electron chi connectivity index (χ0n) is 8.90. The molecule has 4 N–H and O–H groups in total. The minimum atomic E-state index is -0.621. The lowest BCUT2D eigenvalue weighted by Gasteiger charge is -2.07. The van der Waals surface area contributed by atoms with E-state index in [0.29, 0.717) is 10.7 Å². The average Bonchev–Trinajstić information content (AvgIpc) is 2.27. The van der Waals surface area contributed by atoms with Gasteiger partial charge in [-0.05, 0) is 12.1 Å².